The van der Waals surface area contributed by atoms with E-state index in [-0.39, 0.29) is 0 Å². The van der Waals surface area contributed by atoms with Crippen molar-refractivity contribution in [1.29, 1.82) is 0 Å². The minimum absolute atomic E-state index is 0.431. The molecule has 2 aromatic carbocycles. The lowest BCUT2D eigenvalue weighted by Gasteiger charge is -2.09. The molecule has 0 aliphatic heterocycles. The Labute approximate surface area is 119 Å². The molecule has 0 fully saturated rings. The lowest BCUT2D eigenvalue weighted by molar-refractivity contribution is 0.735. The molecule has 1 heterocycles. The lowest BCUT2D eigenvalue weighted by Crippen LogP contribution is -2.03. The van der Waals surface area contributed by atoms with E-state index < -0.39 is 0 Å². The van der Waals surface area contributed by atoms with Crippen LogP contribution in [0, 0.1) is 0 Å². The van der Waals surface area contributed by atoms with Gasteiger partial charge in [0, 0.05) is 11.3 Å². The van der Waals surface area contributed by atoms with Gasteiger partial charge < -0.3 is 0 Å². The molecular formula is C18H18N2. The summed E-state index contributed by atoms with van der Waals surface area (Å²) in [6.07, 6.45) is 0. The van der Waals surface area contributed by atoms with E-state index in [4.69, 9.17) is 5.10 Å². The topological polar surface area (TPSA) is 17.8 Å². The molecule has 0 amide bonds. The molecule has 3 aromatic rings. The van der Waals surface area contributed by atoms with Gasteiger partial charge >= 0.3 is 0 Å². The molecule has 0 spiro atoms. The van der Waals surface area contributed by atoms with Crippen LogP contribution in [0.2, 0.25) is 0 Å². The Kier molecular flexibility index (Phi) is 3.38. The van der Waals surface area contributed by atoms with Crippen LogP contribution >= 0.6 is 0 Å². The number of benzene rings is 2. The van der Waals surface area contributed by atoms with E-state index in [1.54, 1.807) is 0 Å². The summed E-state index contributed by atoms with van der Waals surface area (Å²) in [6, 6.07) is 22.8. The van der Waals surface area contributed by atoms with Gasteiger partial charge in [-0.05, 0) is 24.1 Å². The predicted molar refractivity (Wildman–Crippen MR) is 83.1 cm³/mol. The van der Waals surface area contributed by atoms with Gasteiger partial charge in [0.25, 0.3) is 0 Å². The zero-order valence-electron chi connectivity index (χ0n) is 11.8. The van der Waals surface area contributed by atoms with E-state index in [1.165, 1.54) is 5.69 Å². The molecule has 0 aliphatic carbocycles. The SMILES string of the molecule is CC(C)c1cc(-c2ccccc2)nn1-c1ccccc1. The standard InChI is InChI=1S/C18H18N2/c1-14(2)18-13-17(15-9-5-3-6-10-15)19-20(18)16-11-7-4-8-12-16/h3-14H,1-2H3. The van der Waals surface area contributed by atoms with E-state index in [0.717, 1.165) is 16.9 Å². The second-order valence-electron chi connectivity index (χ2n) is 5.22. The van der Waals surface area contributed by atoms with E-state index in [0.29, 0.717) is 5.92 Å². The maximum atomic E-state index is 4.79. The summed E-state index contributed by atoms with van der Waals surface area (Å²) in [5.74, 6) is 0.431. The average molecular weight is 262 g/mol. The van der Waals surface area contributed by atoms with Crippen molar-refractivity contribution in [3.63, 3.8) is 0 Å². The molecule has 0 bridgehead atoms. The molecule has 20 heavy (non-hydrogen) atoms. The summed E-state index contributed by atoms with van der Waals surface area (Å²) >= 11 is 0. The van der Waals surface area contributed by atoms with Crippen LogP contribution in [-0.4, -0.2) is 9.78 Å². The summed E-state index contributed by atoms with van der Waals surface area (Å²) in [4.78, 5) is 0. The molecule has 2 heteroatoms. The Morgan fingerprint density at radius 1 is 0.850 bits per heavy atom. The molecule has 1 aromatic heterocycles. The van der Waals surface area contributed by atoms with Crippen LogP contribution in [0.3, 0.4) is 0 Å². The van der Waals surface area contributed by atoms with Gasteiger partial charge in [-0.25, -0.2) is 4.68 Å². The fraction of sp³-hybridized carbons (Fsp3) is 0.167. The average Bonchev–Trinajstić information content (AvgIpc) is 2.94. The first-order valence-corrected chi connectivity index (χ1v) is 6.96. The molecule has 2 nitrogen and oxygen atoms in total. The van der Waals surface area contributed by atoms with Crippen LogP contribution < -0.4 is 0 Å². The van der Waals surface area contributed by atoms with Gasteiger partial charge in [0.2, 0.25) is 0 Å². The van der Waals surface area contributed by atoms with E-state index >= 15 is 0 Å². The van der Waals surface area contributed by atoms with Crippen LogP contribution in [0.25, 0.3) is 16.9 Å². The maximum absolute atomic E-state index is 4.79. The molecule has 3 rings (SSSR count). The third-order valence-corrected chi connectivity index (χ3v) is 3.40. The third kappa shape index (κ3) is 2.37. The predicted octanol–water partition coefficient (Wildman–Crippen LogP) is 4.66. The van der Waals surface area contributed by atoms with Crippen LogP contribution in [0.1, 0.15) is 25.5 Å². The van der Waals surface area contributed by atoms with E-state index in [1.807, 2.05) is 41.1 Å². The molecule has 0 radical (unpaired) electrons. The quantitative estimate of drug-likeness (QED) is 0.671. The van der Waals surface area contributed by atoms with Crippen LogP contribution in [0.4, 0.5) is 0 Å². The highest BCUT2D eigenvalue weighted by Crippen LogP contribution is 2.25. The Balaban J connectivity index is 2.13. The fourth-order valence-electron chi connectivity index (χ4n) is 2.33. The van der Waals surface area contributed by atoms with Gasteiger partial charge in [0.05, 0.1) is 11.4 Å². The number of hydrogen-bond donors (Lipinski definition) is 0. The van der Waals surface area contributed by atoms with Crippen LogP contribution in [-0.2, 0) is 0 Å². The molecule has 0 atom stereocenters. The second kappa shape index (κ2) is 5.33. The van der Waals surface area contributed by atoms with Gasteiger partial charge in [0.1, 0.15) is 0 Å². The van der Waals surface area contributed by atoms with Gasteiger partial charge in [-0.2, -0.15) is 5.10 Å². The Morgan fingerprint density at radius 3 is 2.05 bits per heavy atom. The molecule has 0 saturated carbocycles. The normalized spacial score (nSPS) is 10.9. The Morgan fingerprint density at radius 2 is 1.45 bits per heavy atom. The second-order valence-corrected chi connectivity index (χ2v) is 5.22. The van der Waals surface area contributed by atoms with E-state index in [9.17, 15) is 0 Å². The van der Waals surface area contributed by atoms with Crippen LogP contribution in [0.15, 0.2) is 66.7 Å². The first-order chi connectivity index (χ1) is 9.75. The number of para-hydroxylation sites is 1. The van der Waals surface area contributed by atoms with Crippen molar-refractivity contribution in [3.8, 4) is 16.9 Å². The largest absolute Gasteiger partial charge is 0.237 e. The fourth-order valence-corrected chi connectivity index (χ4v) is 2.33. The first kappa shape index (κ1) is 12.7. The zero-order valence-corrected chi connectivity index (χ0v) is 11.8. The number of hydrogen-bond acceptors (Lipinski definition) is 1. The summed E-state index contributed by atoms with van der Waals surface area (Å²) in [5, 5.41) is 4.79. The van der Waals surface area contributed by atoms with Crippen molar-refractivity contribution < 1.29 is 0 Å². The Hall–Kier alpha value is -2.35. The summed E-state index contributed by atoms with van der Waals surface area (Å²) in [7, 11) is 0. The molecule has 0 unspecified atom stereocenters. The molecule has 0 aliphatic rings. The highest BCUT2D eigenvalue weighted by molar-refractivity contribution is 5.60. The van der Waals surface area contributed by atoms with Crippen molar-refractivity contribution in [3.05, 3.63) is 72.4 Å². The van der Waals surface area contributed by atoms with Gasteiger partial charge in [-0.15, -0.1) is 0 Å². The van der Waals surface area contributed by atoms with Gasteiger partial charge in [0.15, 0.2) is 0 Å². The molecule has 100 valence electrons. The highest BCUT2D eigenvalue weighted by Gasteiger charge is 2.13. The smallest absolute Gasteiger partial charge is 0.0930 e. The lowest BCUT2D eigenvalue weighted by atomic mass is 10.1. The zero-order chi connectivity index (χ0) is 13.9. The van der Waals surface area contributed by atoms with Crippen molar-refractivity contribution in [2.75, 3.05) is 0 Å². The highest BCUT2D eigenvalue weighted by atomic mass is 15.3. The molecular weight excluding hydrogens is 244 g/mol. The summed E-state index contributed by atoms with van der Waals surface area (Å²) in [5.41, 5.74) is 4.52. The first-order valence-electron chi connectivity index (χ1n) is 6.96. The summed E-state index contributed by atoms with van der Waals surface area (Å²) < 4.78 is 2.05. The molecule has 0 saturated heterocycles. The third-order valence-electron chi connectivity index (χ3n) is 3.40. The minimum atomic E-state index is 0.431. The maximum Gasteiger partial charge on any atom is 0.0930 e. The van der Waals surface area contributed by atoms with Crippen molar-refractivity contribution in [2.24, 2.45) is 0 Å². The van der Waals surface area contributed by atoms with Crippen LogP contribution in [0.5, 0.6) is 0 Å². The number of nitrogens with zero attached hydrogens (tertiary/aromatic N) is 2. The molecule has 0 N–H and O–H groups in total. The minimum Gasteiger partial charge on any atom is -0.237 e. The van der Waals surface area contributed by atoms with Gasteiger partial charge in [-0.3, -0.25) is 0 Å². The van der Waals surface area contributed by atoms with Crippen molar-refractivity contribution in [2.45, 2.75) is 19.8 Å². The van der Waals surface area contributed by atoms with E-state index in [2.05, 4.69) is 44.2 Å². The van der Waals surface area contributed by atoms with Gasteiger partial charge in [-0.1, -0.05) is 62.4 Å². The number of rotatable bonds is 3. The Bertz CT molecular complexity index is 682. The van der Waals surface area contributed by atoms with Crippen molar-refractivity contribution >= 4 is 0 Å². The summed E-state index contributed by atoms with van der Waals surface area (Å²) in [6.45, 7) is 4.40. The van der Waals surface area contributed by atoms with Crippen molar-refractivity contribution in [1.82, 2.24) is 9.78 Å². The number of aromatic nitrogens is 2. The monoisotopic (exact) mass is 262 g/mol.